The van der Waals surface area contributed by atoms with Crippen molar-refractivity contribution in [2.45, 2.75) is 25.4 Å². The maximum atomic E-state index is 12.4. The van der Waals surface area contributed by atoms with Crippen LogP contribution in [0.25, 0.3) is 0 Å². The van der Waals surface area contributed by atoms with Gasteiger partial charge < -0.3 is 14.6 Å². The highest BCUT2D eigenvalue weighted by atomic mass is 35.5. The molecule has 2 N–H and O–H groups in total. The number of carbonyl (C=O) groups excluding carboxylic acids is 1. The van der Waals surface area contributed by atoms with Crippen molar-refractivity contribution in [1.29, 1.82) is 0 Å². The van der Waals surface area contributed by atoms with Crippen molar-refractivity contribution in [2.24, 2.45) is 0 Å². The van der Waals surface area contributed by atoms with Crippen LogP contribution >= 0.6 is 11.6 Å². The molecule has 3 heterocycles. The van der Waals surface area contributed by atoms with Gasteiger partial charge in [0, 0.05) is 6.54 Å². The lowest BCUT2D eigenvalue weighted by Gasteiger charge is -2.25. The van der Waals surface area contributed by atoms with Crippen LogP contribution in [0.3, 0.4) is 0 Å². The van der Waals surface area contributed by atoms with Crippen LogP contribution in [0.2, 0.25) is 5.02 Å². The van der Waals surface area contributed by atoms with Gasteiger partial charge in [-0.15, -0.1) is 0 Å². The summed E-state index contributed by atoms with van der Waals surface area (Å²) in [6.07, 6.45) is 4.59. The molecule has 0 radical (unpaired) electrons. The van der Waals surface area contributed by atoms with Gasteiger partial charge in [-0.25, -0.2) is 5.10 Å². The smallest absolute Gasteiger partial charge is 0.285 e. The number of rotatable bonds is 4. The first-order valence-electron chi connectivity index (χ1n) is 6.96. The second-order valence-corrected chi connectivity index (χ2v) is 5.42. The Hall–Kier alpha value is -2.28. The number of carbonyl (C=O) groups is 1. The van der Waals surface area contributed by atoms with Gasteiger partial charge in [0.2, 0.25) is 5.91 Å². The quantitative estimate of drug-likeness (QED) is 0.885. The highest BCUT2D eigenvalue weighted by Gasteiger charge is 2.32. The van der Waals surface area contributed by atoms with Gasteiger partial charge in [0.25, 0.3) is 5.56 Å². The Balaban J connectivity index is 1.73. The van der Waals surface area contributed by atoms with Gasteiger partial charge in [-0.1, -0.05) is 11.6 Å². The standard InChI is InChI=1S/C14H15ClN4O3/c15-12-11(8-17-18-14(12)21)19-5-1-4-10(19)13(20)16-7-9-3-2-6-22-9/h2-3,6,8,10H,1,4-5,7H2,(H,16,20)(H,18,21)/t10-/m0/s1. The Morgan fingerprint density at radius 1 is 1.59 bits per heavy atom. The Morgan fingerprint density at radius 3 is 3.23 bits per heavy atom. The molecule has 7 nitrogen and oxygen atoms in total. The number of hydrogen-bond acceptors (Lipinski definition) is 5. The van der Waals surface area contributed by atoms with Crippen LogP contribution in [0.15, 0.2) is 33.8 Å². The van der Waals surface area contributed by atoms with Crippen molar-refractivity contribution in [3.63, 3.8) is 0 Å². The number of halogens is 1. The third kappa shape index (κ3) is 2.85. The van der Waals surface area contributed by atoms with Crippen LogP contribution in [0, 0.1) is 0 Å². The van der Waals surface area contributed by atoms with Crippen LogP contribution in [-0.4, -0.2) is 28.7 Å². The number of furan rings is 1. The van der Waals surface area contributed by atoms with E-state index in [-0.39, 0.29) is 17.0 Å². The zero-order chi connectivity index (χ0) is 15.5. The topological polar surface area (TPSA) is 91.2 Å². The minimum Gasteiger partial charge on any atom is -0.467 e. The number of hydrogen-bond donors (Lipinski definition) is 2. The second-order valence-electron chi connectivity index (χ2n) is 5.05. The van der Waals surface area contributed by atoms with E-state index in [1.165, 1.54) is 6.20 Å². The summed E-state index contributed by atoms with van der Waals surface area (Å²) in [5, 5.41) is 8.93. The molecule has 2 aromatic heterocycles. The zero-order valence-corrected chi connectivity index (χ0v) is 12.5. The Kier molecular flexibility index (Phi) is 4.15. The zero-order valence-electron chi connectivity index (χ0n) is 11.7. The highest BCUT2D eigenvalue weighted by molar-refractivity contribution is 6.33. The van der Waals surface area contributed by atoms with E-state index in [0.717, 1.165) is 6.42 Å². The molecule has 1 amide bonds. The molecule has 1 aliphatic heterocycles. The predicted octanol–water partition coefficient (Wildman–Crippen LogP) is 1.30. The first-order valence-corrected chi connectivity index (χ1v) is 7.34. The van der Waals surface area contributed by atoms with Gasteiger partial charge in [-0.05, 0) is 25.0 Å². The lowest BCUT2D eigenvalue weighted by atomic mass is 10.2. The van der Waals surface area contributed by atoms with Crippen LogP contribution in [0.1, 0.15) is 18.6 Å². The minimum atomic E-state index is -0.458. The molecule has 0 unspecified atom stereocenters. The van der Waals surface area contributed by atoms with Crippen LogP contribution < -0.4 is 15.8 Å². The summed E-state index contributed by atoms with van der Waals surface area (Å²) in [5.74, 6) is 0.569. The summed E-state index contributed by atoms with van der Waals surface area (Å²) in [6.45, 7) is 0.987. The summed E-state index contributed by atoms with van der Waals surface area (Å²) < 4.78 is 5.19. The monoisotopic (exact) mass is 322 g/mol. The minimum absolute atomic E-state index is 0.0562. The molecule has 0 aliphatic carbocycles. The van der Waals surface area contributed by atoms with Gasteiger partial charge in [0.15, 0.2) is 0 Å². The second kappa shape index (κ2) is 6.23. The van der Waals surface area contributed by atoms with Crippen molar-refractivity contribution in [3.8, 4) is 0 Å². The summed E-state index contributed by atoms with van der Waals surface area (Å²) in [4.78, 5) is 25.8. The van der Waals surface area contributed by atoms with E-state index in [9.17, 15) is 9.59 Å². The number of amides is 1. The first kappa shape index (κ1) is 14.6. The molecule has 1 aliphatic rings. The number of anilines is 1. The van der Waals surface area contributed by atoms with Gasteiger partial charge in [-0.3, -0.25) is 9.59 Å². The van der Waals surface area contributed by atoms with Crippen molar-refractivity contribution >= 4 is 23.2 Å². The number of nitrogens with one attached hydrogen (secondary N) is 2. The number of aromatic amines is 1. The average molecular weight is 323 g/mol. The van der Waals surface area contributed by atoms with Crippen molar-refractivity contribution in [3.05, 3.63) is 45.7 Å². The lowest BCUT2D eigenvalue weighted by molar-refractivity contribution is -0.122. The molecule has 0 bridgehead atoms. The molecule has 8 heteroatoms. The Labute approximate surface area is 131 Å². The number of nitrogens with zero attached hydrogens (tertiary/aromatic N) is 2. The van der Waals surface area contributed by atoms with Crippen LogP contribution in [-0.2, 0) is 11.3 Å². The molecule has 1 atom stereocenters. The largest absolute Gasteiger partial charge is 0.467 e. The SMILES string of the molecule is O=C(NCc1ccco1)[C@@H]1CCCN1c1cn[nH]c(=O)c1Cl. The first-order chi connectivity index (χ1) is 10.7. The van der Waals surface area contributed by atoms with E-state index in [1.807, 2.05) is 4.90 Å². The maximum Gasteiger partial charge on any atom is 0.285 e. The summed E-state index contributed by atoms with van der Waals surface area (Å²) >= 11 is 6.03. The van der Waals surface area contributed by atoms with E-state index in [2.05, 4.69) is 15.5 Å². The third-order valence-corrected chi connectivity index (χ3v) is 4.02. The predicted molar refractivity (Wildman–Crippen MR) is 80.8 cm³/mol. The molecule has 0 saturated carbocycles. The van der Waals surface area contributed by atoms with E-state index in [1.54, 1.807) is 18.4 Å². The van der Waals surface area contributed by atoms with E-state index in [0.29, 0.717) is 31.0 Å². The van der Waals surface area contributed by atoms with Crippen molar-refractivity contribution < 1.29 is 9.21 Å². The Bertz CT molecular complexity index is 713. The molecule has 0 spiro atoms. The van der Waals surface area contributed by atoms with Gasteiger partial charge in [-0.2, -0.15) is 5.10 Å². The molecular weight excluding hydrogens is 308 g/mol. The third-order valence-electron chi connectivity index (χ3n) is 3.66. The molecule has 3 rings (SSSR count). The maximum absolute atomic E-state index is 12.4. The van der Waals surface area contributed by atoms with Crippen LogP contribution in [0.4, 0.5) is 5.69 Å². The average Bonchev–Trinajstić information content (AvgIpc) is 3.18. The van der Waals surface area contributed by atoms with Crippen LogP contribution in [0.5, 0.6) is 0 Å². The van der Waals surface area contributed by atoms with Crippen molar-refractivity contribution in [1.82, 2.24) is 15.5 Å². The summed E-state index contributed by atoms with van der Waals surface area (Å²) in [6, 6.07) is 3.20. The molecule has 22 heavy (non-hydrogen) atoms. The fourth-order valence-corrected chi connectivity index (χ4v) is 2.81. The number of aromatic nitrogens is 2. The van der Waals surface area contributed by atoms with Gasteiger partial charge in [0.05, 0.1) is 24.7 Å². The molecule has 2 aromatic rings. The molecule has 1 saturated heterocycles. The van der Waals surface area contributed by atoms with Gasteiger partial charge >= 0.3 is 0 Å². The summed E-state index contributed by atoms with van der Waals surface area (Å²) in [5.41, 5.74) is 0.0295. The fraction of sp³-hybridized carbons (Fsp3) is 0.357. The normalized spacial score (nSPS) is 17.7. The molecule has 0 aromatic carbocycles. The Morgan fingerprint density at radius 2 is 2.45 bits per heavy atom. The van der Waals surface area contributed by atoms with E-state index < -0.39 is 5.56 Å². The van der Waals surface area contributed by atoms with Gasteiger partial charge in [0.1, 0.15) is 16.8 Å². The molecule has 116 valence electrons. The lowest BCUT2D eigenvalue weighted by Crippen LogP contribution is -2.43. The highest BCUT2D eigenvalue weighted by Crippen LogP contribution is 2.28. The number of H-pyrrole nitrogens is 1. The fourth-order valence-electron chi connectivity index (χ4n) is 2.61. The summed E-state index contributed by atoms with van der Waals surface area (Å²) in [7, 11) is 0. The molecule has 1 fully saturated rings. The van der Waals surface area contributed by atoms with Crippen molar-refractivity contribution in [2.75, 3.05) is 11.4 Å². The van der Waals surface area contributed by atoms with E-state index in [4.69, 9.17) is 16.0 Å². The molecular formula is C14H15ClN4O3. The van der Waals surface area contributed by atoms with E-state index >= 15 is 0 Å².